The van der Waals surface area contributed by atoms with Gasteiger partial charge in [0.25, 0.3) is 0 Å². The Hall–Kier alpha value is -2.89. The van der Waals surface area contributed by atoms with Crippen LogP contribution in [0.1, 0.15) is 265 Å². The SMILES string of the molecule is CCCCC/C=C\C/C=C\C/C=C\C/C=C\CCCC(=O)OC[C@@H](COC(=O)CCCCCCCCCCCCCCC)OC(=O)CCCCCCC/C=C\CCCCCCCC. The lowest BCUT2D eigenvalue weighted by molar-refractivity contribution is -0.167. The number of rotatable bonds is 48. The Balaban J connectivity index is 4.46. The molecule has 0 saturated carbocycles. The third kappa shape index (κ3) is 50.0. The molecule has 0 unspecified atom stereocenters. The van der Waals surface area contributed by atoms with E-state index in [9.17, 15) is 14.4 Å². The van der Waals surface area contributed by atoms with E-state index in [1.807, 2.05) is 0 Å². The summed E-state index contributed by atoms with van der Waals surface area (Å²) in [5.74, 6) is -0.953. The van der Waals surface area contributed by atoms with Gasteiger partial charge in [0.1, 0.15) is 13.2 Å². The minimum Gasteiger partial charge on any atom is -0.462 e. The van der Waals surface area contributed by atoms with Crippen molar-refractivity contribution in [2.75, 3.05) is 13.2 Å². The first kappa shape index (κ1) is 60.1. The quantitative estimate of drug-likeness (QED) is 0.0262. The minimum atomic E-state index is -0.797. The van der Waals surface area contributed by atoms with Crippen LogP contribution in [0.4, 0.5) is 0 Å². The van der Waals surface area contributed by atoms with E-state index in [1.165, 1.54) is 141 Å². The van der Waals surface area contributed by atoms with Crippen LogP contribution < -0.4 is 0 Å². The molecule has 0 aromatic rings. The summed E-state index contributed by atoms with van der Waals surface area (Å²) >= 11 is 0. The first-order valence-electron chi connectivity index (χ1n) is 26.8. The molecular weight excluding hydrogens is 781 g/mol. The standard InChI is InChI=1S/C57H100O6/c1-4-7-10-13-16-19-22-25-27-28-30-32-35-38-41-44-47-50-56(59)62-53-54(52-61-55(58)49-46-43-40-37-34-31-24-21-18-15-12-9-6-3)63-57(60)51-48-45-42-39-36-33-29-26-23-20-17-14-11-8-5-2/h16,19,25-27,29-30,32,38,41,54H,4-15,17-18,20-24,28,31,33-37,39-40,42-53H2,1-3H3/b19-16-,27-25-,29-26-,32-30-,41-38-/t54-/m1/s1. The maximum atomic E-state index is 12.8. The number of unbranched alkanes of at least 4 members (excludes halogenated alkanes) is 27. The van der Waals surface area contributed by atoms with Gasteiger partial charge in [-0.25, -0.2) is 0 Å². The second kappa shape index (κ2) is 51.7. The number of hydrogen-bond donors (Lipinski definition) is 0. The fraction of sp³-hybridized carbons (Fsp3) is 0.772. The van der Waals surface area contributed by atoms with Gasteiger partial charge in [0.2, 0.25) is 0 Å². The van der Waals surface area contributed by atoms with E-state index >= 15 is 0 Å². The Morgan fingerprint density at radius 2 is 0.587 bits per heavy atom. The van der Waals surface area contributed by atoms with Crippen LogP contribution in [-0.4, -0.2) is 37.2 Å². The van der Waals surface area contributed by atoms with Gasteiger partial charge in [-0.05, 0) is 83.5 Å². The van der Waals surface area contributed by atoms with Crippen LogP contribution in [-0.2, 0) is 28.6 Å². The van der Waals surface area contributed by atoms with Crippen molar-refractivity contribution in [3.05, 3.63) is 60.8 Å². The van der Waals surface area contributed by atoms with Gasteiger partial charge in [0.05, 0.1) is 0 Å². The summed E-state index contributed by atoms with van der Waals surface area (Å²) in [5.41, 5.74) is 0. The van der Waals surface area contributed by atoms with Gasteiger partial charge >= 0.3 is 17.9 Å². The summed E-state index contributed by atoms with van der Waals surface area (Å²) in [7, 11) is 0. The van der Waals surface area contributed by atoms with Gasteiger partial charge < -0.3 is 14.2 Å². The van der Waals surface area contributed by atoms with Crippen LogP contribution in [0.25, 0.3) is 0 Å². The van der Waals surface area contributed by atoms with Gasteiger partial charge in [-0.15, -0.1) is 0 Å². The van der Waals surface area contributed by atoms with Crippen LogP contribution in [0.15, 0.2) is 60.8 Å². The monoisotopic (exact) mass is 881 g/mol. The molecule has 0 N–H and O–H groups in total. The smallest absolute Gasteiger partial charge is 0.306 e. The fourth-order valence-electron chi connectivity index (χ4n) is 7.43. The van der Waals surface area contributed by atoms with E-state index in [0.29, 0.717) is 19.3 Å². The molecule has 0 heterocycles. The molecule has 0 radical (unpaired) electrons. The Labute approximate surface area is 390 Å². The van der Waals surface area contributed by atoms with Crippen molar-refractivity contribution in [3.63, 3.8) is 0 Å². The maximum absolute atomic E-state index is 12.8. The van der Waals surface area contributed by atoms with Gasteiger partial charge in [-0.1, -0.05) is 223 Å². The van der Waals surface area contributed by atoms with E-state index < -0.39 is 6.10 Å². The predicted octanol–water partition coefficient (Wildman–Crippen LogP) is 17.6. The number of esters is 3. The molecular formula is C57H100O6. The lowest BCUT2D eigenvalue weighted by atomic mass is 10.0. The summed E-state index contributed by atoms with van der Waals surface area (Å²) < 4.78 is 16.8. The summed E-state index contributed by atoms with van der Waals surface area (Å²) in [6.07, 6.45) is 63.5. The molecule has 63 heavy (non-hydrogen) atoms. The van der Waals surface area contributed by atoms with Gasteiger partial charge in [-0.3, -0.25) is 14.4 Å². The highest BCUT2D eigenvalue weighted by atomic mass is 16.6. The van der Waals surface area contributed by atoms with E-state index in [0.717, 1.165) is 77.0 Å². The van der Waals surface area contributed by atoms with E-state index in [2.05, 4.69) is 81.5 Å². The number of carbonyl (C=O) groups is 3. The highest BCUT2D eigenvalue weighted by Gasteiger charge is 2.19. The molecule has 0 aromatic heterocycles. The molecule has 6 heteroatoms. The molecule has 0 saturated heterocycles. The second-order valence-electron chi connectivity index (χ2n) is 17.8. The Kier molecular flexibility index (Phi) is 49.4. The number of ether oxygens (including phenoxy) is 3. The average molecular weight is 881 g/mol. The number of carbonyl (C=O) groups excluding carboxylic acids is 3. The zero-order valence-corrected chi connectivity index (χ0v) is 41.6. The topological polar surface area (TPSA) is 78.9 Å². The van der Waals surface area contributed by atoms with Crippen LogP contribution in [0.2, 0.25) is 0 Å². The minimum absolute atomic E-state index is 0.0924. The maximum Gasteiger partial charge on any atom is 0.306 e. The predicted molar refractivity (Wildman–Crippen MR) is 270 cm³/mol. The third-order valence-electron chi connectivity index (χ3n) is 11.5. The normalized spacial score (nSPS) is 12.5. The van der Waals surface area contributed by atoms with Crippen molar-refractivity contribution in [1.82, 2.24) is 0 Å². The van der Waals surface area contributed by atoms with Crippen molar-refractivity contribution in [3.8, 4) is 0 Å². The molecule has 0 rings (SSSR count). The summed E-state index contributed by atoms with van der Waals surface area (Å²) in [5, 5.41) is 0. The van der Waals surface area contributed by atoms with Crippen LogP contribution >= 0.6 is 0 Å². The highest BCUT2D eigenvalue weighted by molar-refractivity contribution is 5.71. The number of allylic oxidation sites excluding steroid dienone is 10. The van der Waals surface area contributed by atoms with Gasteiger partial charge in [0.15, 0.2) is 6.10 Å². The second-order valence-corrected chi connectivity index (χ2v) is 17.8. The molecule has 0 bridgehead atoms. The van der Waals surface area contributed by atoms with Crippen molar-refractivity contribution in [2.45, 2.75) is 271 Å². The first-order valence-corrected chi connectivity index (χ1v) is 26.8. The van der Waals surface area contributed by atoms with Gasteiger partial charge in [-0.2, -0.15) is 0 Å². The molecule has 0 aromatic carbocycles. The number of hydrogen-bond acceptors (Lipinski definition) is 6. The molecule has 0 amide bonds. The lowest BCUT2D eigenvalue weighted by Crippen LogP contribution is -2.30. The molecule has 6 nitrogen and oxygen atoms in total. The lowest BCUT2D eigenvalue weighted by Gasteiger charge is -2.18. The zero-order chi connectivity index (χ0) is 45.8. The summed E-state index contributed by atoms with van der Waals surface area (Å²) in [4.78, 5) is 38.0. The van der Waals surface area contributed by atoms with Crippen LogP contribution in [0.3, 0.4) is 0 Å². The largest absolute Gasteiger partial charge is 0.462 e. The molecule has 364 valence electrons. The molecule has 0 fully saturated rings. The van der Waals surface area contributed by atoms with Crippen molar-refractivity contribution >= 4 is 17.9 Å². The van der Waals surface area contributed by atoms with E-state index in [-0.39, 0.29) is 37.5 Å². The Morgan fingerprint density at radius 3 is 1.00 bits per heavy atom. The highest BCUT2D eigenvalue weighted by Crippen LogP contribution is 2.15. The van der Waals surface area contributed by atoms with Crippen LogP contribution in [0.5, 0.6) is 0 Å². The molecule has 0 aliphatic carbocycles. The van der Waals surface area contributed by atoms with Crippen molar-refractivity contribution in [2.24, 2.45) is 0 Å². The van der Waals surface area contributed by atoms with Crippen LogP contribution in [0, 0.1) is 0 Å². The van der Waals surface area contributed by atoms with Gasteiger partial charge in [0, 0.05) is 19.3 Å². The van der Waals surface area contributed by atoms with Crippen molar-refractivity contribution < 1.29 is 28.6 Å². The molecule has 0 spiro atoms. The molecule has 0 aliphatic heterocycles. The zero-order valence-electron chi connectivity index (χ0n) is 41.6. The first-order chi connectivity index (χ1) is 31.0. The molecule has 0 aliphatic rings. The van der Waals surface area contributed by atoms with Crippen molar-refractivity contribution in [1.29, 1.82) is 0 Å². The summed E-state index contributed by atoms with van der Waals surface area (Å²) in [6, 6.07) is 0. The van der Waals surface area contributed by atoms with E-state index in [1.54, 1.807) is 0 Å². The fourth-order valence-corrected chi connectivity index (χ4v) is 7.43. The molecule has 1 atom stereocenters. The Bertz CT molecular complexity index is 1150. The average Bonchev–Trinajstić information content (AvgIpc) is 3.28. The Morgan fingerprint density at radius 1 is 0.317 bits per heavy atom. The summed E-state index contributed by atoms with van der Waals surface area (Å²) in [6.45, 7) is 6.56. The van der Waals surface area contributed by atoms with E-state index in [4.69, 9.17) is 14.2 Å². The third-order valence-corrected chi connectivity index (χ3v) is 11.5.